The highest BCUT2D eigenvalue weighted by atomic mass is 19.1. The fourth-order valence-electron chi connectivity index (χ4n) is 2.85. The van der Waals surface area contributed by atoms with Crippen LogP contribution in [0.1, 0.15) is 39.1 Å². The molecule has 136 valence electrons. The number of aryl methyl sites for hydroxylation is 1. The number of halogens is 1. The summed E-state index contributed by atoms with van der Waals surface area (Å²) in [6, 6.07) is 10.8. The van der Waals surface area contributed by atoms with Crippen molar-refractivity contribution in [3.63, 3.8) is 0 Å². The van der Waals surface area contributed by atoms with Crippen molar-refractivity contribution in [1.82, 2.24) is 5.32 Å². The first kappa shape index (κ1) is 18.1. The highest BCUT2D eigenvalue weighted by molar-refractivity contribution is 6.09. The van der Waals surface area contributed by atoms with Gasteiger partial charge in [0.2, 0.25) is 0 Å². The highest BCUT2D eigenvalue weighted by Crippen LogP contribution is 2.31. The van der Waals surface area contributed by atoms with Crippen LogP contribution in [-0.2, 0) is 0 Å². The second kappa shape index (κ2) is 7.66. The summed E-state index contributed by atoms with van der Waals surface area (Å²) < 4.78 is 13.8. The highest BCUT2D eigenvalue weighted by Gasteiger charge is 2.28. The maximum absolute atomic E-state index is 13.8. The molecule has 2 amide bonds. The predicted octanol–water partition coefficient (Wildman–Crippen LogP) is 2.85. The van der Waals surface area contributed by atoms with Crippen molar-refractivity contribution in [2.75, 3.05) is 11.9 Å². The third-order valence-corrected chi connectivity index (χ3v) is 4.60. The number of hydrogen-bond donors (Lipinski definition) is 3. The summed E-state index contributed by atoms with van der Waals surface area (Å²) in [6.45, 7) is 2.17. The lowest BCUT2D eigenvalue weighted by Gasteiger charge is -2.16. The van der Waals surface area contributed by atoms with Crippen LogP contribution in [0.15, 0.2) is 42.5 Å². The molecule has 1 aliphatic carbocycles. The third-order valence-electron chi connectivity index (χ3n) is 4.60. The molecule has 2 aromatic rings. The minimum absolute atomic E-state index is 0.0554. The topological polar surface area (TPSA) is 84.2 Å². The van der Waals surface area contributed by atoms with E-state index in [2.05, 4.69) is 10.6 Å². The Labute approximate surface area is 151 Å². The summed E-state index contributed by atoms with van der Waals surface area (Å²) in [5.74, 6) is -1.04. The summed E-state index contributed by atoms with van der Waals surface area (Å²) in [5, 5.41) is 5.49. The van der Waals surface area contributed by atoms with Gasteiger partial charge < -0.3 is 16.4 Å². The number of carbonyl (C=O) groups excluding carboxylic acids is 2. The number of para-hydroxylation sites is 1. The molecule has 0 aliphatic heterocycles. The molecule has 2 aromatic carbocycles. The van der Waals surface area contributed by atoms with Crippen LogP contribution >= 0.6 is 0 Å². The normalized spacial score (nSPS) is 14.6. The van der Waals surface area contributed by atoms with Gasteiger partial charge in [-0.2, -0.15) is 0 Å². The zero-order chi connectivity index (χ0) is 18.7. The Hall–Kier alpha value is -2.73. The van der Waals surface area contributed by atoms with Crippen LogP contribution in [0, 0.1) is 18.7 Å². The minimum Gasteiger partial charge on any atom is -0.350 e. The van der Waals surface area contributed by atoms with E-state index in [4.69, 9.17) is 5.73 Å². The van der Waals surface area contributed by atoms with E-state index < -0.39 is 11.7 Å². The van der Waals surface area contributed by atoms with Crippen molar-refractivity contribution in [2.45, 2.75) is 25.8 Å². The van der Waals surface area contributed by atoms with E-state index in [1.807, 2.05) is 0 Å². The van der Waals surface area contributed by atoms with E-state index in [1.165, 1.54) is 18.2 Å². The van der Waals surface area contributed by atoms with Gasteiger partial charge in [-0.3, -0.25) is 9.59 Å². The Morgan fingerprint density at radius 3 is 2.50 bits per heavy atom. The van der Waals surface area contributed by atoms with E-state index in [1.54, 1.807) is 31.2 Å². The van der Waals surface area contributed by atoms with Crippen LogP contribution in [0.5, 0.6) is 0 Å². The fourth-order valence-corrected chi connectivity index (χ4v) is 2.85. The van der Waals surface area contributed by atoms with Gasteiger partial charge in [0, 0.05) is 12.6 Å². The SMILES string of the molecule is Cc1cccc(C(=O)NCC(N)C2CC2)c1NC(=O)c1ccccc1F. The third kappa shape index (κ3) is 4.08. The van der Waals surface area contributed by atoms with Gasteiger partial charge in [0.25, 0.3) is 11.8 Å². The molecule has 4 N–H and O–H groups in total. The van der Waals surface area contributed by atoms with Crippen molar-refractivity contribution in [3.8, 4) is 0 Å². The number of rotatable bonds is 6. The summed E-state index contributed by atoms with van der Waals surface area (Å²) in [4.78, 5) is 25.0. The smallest absolute Gasteiger partial charge is 0.258 e. The molecular formula is C20H22FN3O2. The average Bonchev–Trinajstić information content (AvgIpc) is 3.46. The molecule has 3 rings (SSSR count). The van der Waals surface area contributed by atoms with Gasteiger partial charge in [-0.05, 0) is 49.4 Å². The van der Waals surface area contributed by atoms with Crippen LogP contribution < -0.4 is 16.4 Å². The van der Waals surface area contributed by atoms with Crippen LogP contribution in [0.25, 0.3) is 0 Å². The molecule has 1 saturated carbocycles. The Bertz CT molecular complexity index is 834. The number of carbonyl (C=O) groups is 2. The van der Waals surface area contributed by atoms with Gasteiger partial charge in [0.1, 0.15) is 5.82 Å². The number of amides is 2. The zero-order valence-corrected chi connectivity index (χ0v) is 14.6. The molecule has 1 aliphatic rings. The second-order valence-corrected chi connectivity index (χ2v) is 6.64. The van der Waals surface area contributed by atoms with Crippen molar-refractivity contribution in [2.24, 2.45) is 11.7 Å². The Morgan fingerprint density at radius 1 is 1.12 bits per heavy atom. The zero-order valence-electron chi connectivity index (χ0n) is 14.6. The first-order chi connectivity index (χ1) is 12.5. The van der Waals surface area contributed by atoms with E-state index in [9.17, 15) is 14.0 Å². The van der Waals surface area contributed by atoms with Gasteiger partial charge in [-0.15, -0.1) is 0 Å². The molecule has 0 bridgehead atoms. The van der Waals surface area contributed by atoms with Crippen LogP contribution in [-0.4, -0.2) is 24.4 Å². The Morgan fingerprint density at radius 2 is 1.81 bits per heavy atom. The molecular weight excluding hydrogens is 333 g/mol. The van der Waals surface area contributed by atoms with Gasteiger partial charge in [0.05, 0.1) is 16.8 Å². The maximum Gasteiger partial charge on any atom is 0.258 e. The van der Waals surface area contributed by atoms with E-state index in [-0.39, 0.29) is 17.5 Å². The van der Waals surface area contributed by atoms with Crippen molar-refractivity contribution < 1.29 is 14.0 Å². The first-order valence-corrected chi connectivity index (χ1v) is 8.66. The molecule has 1 unspecified atom stereocenters. The largest absolute Gasteiger partial charge is 0.350 e. The average molecular weight is 355 g/mol. The van der Waals surface area contributed by atoms with Crippen molar-refractivity contribution in [3.05, 3.63) is 65.0 Å². The lowest BCUT2D eigenvalue weighted by Crippen LogP contribution is -2.38. The number of anilines is 1. The molecule has 0 aromatic heterocycles. The second-order valence-electron chi connectivity index (χ2n) is 6.64. The maximum atomic E-state index is 13.8. The monoisotopic (exact) mass is 355 g/mol. The Kier molecular flexibility index (Phi) is 5.32. The Balaban J connectivity index is 1.77. The van der Waals surface area contributed by atoms with Gasteiger partial charge in [-0.25, -0.2) is 4.39 Å². The molecule has 0 heterocycles. The quantitative estimate of drug-likeness (QED) is 0.745. The molecule has 1 atom stereocenters. The van der Waals surface area contributed by atoms with Crippen LogP contribution in [0.4, 0.5) is 10.1 Å². The van der Waals surface area contributed by atoms with Gasteiger partial charge >= 0.3 is 0 Å². The predicted molar refractivity (Wildman–Crippen MR) is 98.6 cm³/mol. The number of nitrogens with two attached hydrogens (primary N) is 1. The van der Waals surface area contributed by atoms with E-state index in [0.717, 1.165) is 12.8 Å². The molecule has 26 heavy (non-hydrogen) atoms. The molecule has 0 spiro atoms. The number of hydrogen-bond acceptors (Lipinski definition) is 3. The van der Waals surface area contributed by atoms with Crippen molar-refractivity contribution >= 4 is 17.5 Å². The molecule has 0 radical (unpaired) electrons. The number of benzene rings is 2. The summed E-state index contributed by atoms with van der Waals surface area (Å²) in [7, 11) is 0. The molecule has 0 saturated heterocycles. The van der Waals surface area contributed by atoms with Gasteiger partial charge in [-0.1, -0.05) is 24.3 Å². The fraction of sp³-hybridized carbons (Fsp3) is 0.300. The number of nitrogens with one attached hydrogen (secondary N) is 2. The van der Waals surface area contributed by atoms with Crippen molar-refractivity contribution in [1.29, 1.82) is 0 Å². The van der Waals surface area contributed by atoms with Crippen LogP contribution in [0.2, 0.25) is 0 Å². The van der Waals surface area contributed by atoms with Crippen LogP contribution in [0.3, 0.4) is 0 Å². The molecule has 6 heteroatoms. The molecule has 5 nitrogen and oxygen atoms in total. The standard InChI is InChI=1S/C20H22FN3O2/c1-12-5-4-7-15(19(25)23-11-17(22)13-9-10-13)18(12)24-20(26)14-6-2-3-8-16(14)21/h2-8,13,17H,9-11,22H2,1H3,(H,23,25)(H,24,26). The summed E-state index contributed by atoms with van der Waals surface area (Å²) in [6.07, 6.45) is 2.21. The summed E-state index contributed by atoms with van der Waals surface area (Å²) >= 11 is 0. The molecule has 1 fully saturated rings. The lowest BCUT2D eigenvalue weighted by molar-refractivity contribution is 0.0951. The first-order valence-electron chi connectivity index (χ1n) is 8.66. The lowest BCUT2D eigenvalue weighted by atomic mass is 10.1. The minimum atomic E-state index is -0.611. The van der Waals surface area contributed by atoms with E-state index in [0.29, 0.717) is 29.3 Å². The summed E-state index contributed by atoms with van der Waals surface area (Å²) in [5.41, 5.74) is 7.37. The van der Waals surface area contributed by atoms with E-state index >= 15 is 0 Å². The van der Waals surface area contributed by atoms with Gasteiger partial charge in [0.15, 0.2) is 0 Å².